The molecule has 0 bridgehead atoms. The molecule has 148 valence electrons. The number of hydrogen-bond donors (Lipinski definition) is 1. The van der Waals surface area contributed by atoms with Gasteiger partial charge >= 0.3 is 0 Å². The Bertz CT molecular complexity index is 990. The molecule has 1 N–H and O–H groups in total. The van der Waals surface area contributed by atoms with Gasteiger partial charge in [0.25, 0.3) is 5.91 Å². The van der Waals surface area contributed by atoms with Gasteiger partial charge in [0.2, 0.25) is 0 Å². The molecule has 0 spiro atoms. The first-order chi connectivity index (χ1) is 14.2. The van der Waals surface area contributed by atoms with Crippen LogP contribution in [-0.4, -0.2) is 19.1 Å². The maximum Gasteiger partial charge on any atom is 0.254 e. The van der Waals surface area contributed by atoms with E-state index in [0.29, 0.717) is 31.1 Å². The monoisotopic (exact) mass is 391 g/mol. The van der Waals surface area contributed by atoms with Crippen molar-refractivity contribution in [3.8, 4) is 11.5 Å². The second-order valence-electron chi connectivity index (χ2n) is 6.95. The van der Waals surface area contributed by atoms with Crippen molar-refractivity contribution in [1.82, 2.24) is 5.32 Å². The van der Waals surface area contributed by atoms with E-state index in [9.17, 15) is 9.18 Å². The first-order valence-corrected chi connectivity index (χ1v) is 9.69. The number of nitrogens with one attached hydrogen (secondary N) is 1. The molecule has 4 nitrogen and oxygen atoms in total. The summed E-state index contributed by atoms with van der Waals surface area (Å²) in [5, 5.41) is 2.99. The van der Waals surface area contributed by atoms with E-state index in [4.69, 9.17) is 9.47 Å². The Labute approximate surface area is 169 Å². The fourth-order valence-corrected chi connectivity index (χ4v) is 3.38. The topological polar surface area (TPSA) is 47.6 Å². The lowest BCUT2D eigenvalue weighted by molar-refractivity contribution is 0.0932. The van der Waals surface area contributed by atoms with E-state index in [1.165, 1.54) is 12.1 Å². The van der Waals surface area contributed by atoms with E-state index < -0.39 is 11.7 Å². The average molecular weight is 391 g/mol. The van der Waals surface area contributed by atoms with Crippen LogP contribution in [-0.2, 0) is 6.42 Å². The molecule has 1 aliphatic rings. The first kappa shape index (κ1) is 19.0. The molecule has 1 amide bonds. The van der Waals surface area contributed by atoms with Gasteiger partial charge in [-0.05, 0) is 41.8 Å². The molecule has 0 fully saturated rings. The first-order valence-electron chi connectivity index (χ1n) is 9.69. The number of fused-ring (bicyclic) bond motifs is 1. The van der Waals surface area contributed by atoms with Crippen LogP contribution in [0.15, 0.2) is 72.8 Å². The molecule has 0 aliphatic carbocycles. The molecular weight excluding hydrogens is 369 g/mol. The Balaban J connectivity index is 1.64. The summed E-state index contributed by atoms with van der Waals surface area (Å²) >= 11 is 0. The molecule has 1 aliphatic heterocycles. The van der Waals surface area contributed by atoms with E-state index in [-0.39, 0.29) is 11.6 Å². The number of ether oxygens (including phenoxy) is 2. The van der Waals surface area contributed by atoms with Crippen molar-refractivity contribution in [1.29, 1.82) is 0 Å². The van der Waals surface area contributed by atoms with E-state index in [2.05, 4.69) is 5.32 Å². The van der Waals surface area contributed by atoms with Gasteiger partial charge in [-0.2, -0.15) is 0 Å². The molecule has 29 heavy (non-hydrogen) atoms. The van der Waals surface area contributed by atoms with Crippen molar-refractivity contribution in [2.24, 2.45) is 0 Å². The number of halogens is 1. The van der Waals surface area contributed by atoms with Crippen LogP contribution in [0.2, 0.25) is 0 Å². The predicted molar refractivity (Wildman–Crippen MR) is 109 cm³/mol. The van der Waals surface area contributed by atoms with Gasteiger partial charge in [-0.1, -0.05) is 48.5 Å². The van der Waals surface area contributed by atoms with Crippen LogP contribution in [0.5, 0.6) is 11.5 Å². The van der Waals surface area contributed by atoms with E-state index in [1.807, 2.05) is 48.5 Å². The number of hydrogen-bond acceptors (Lipinski definition) is 3. The zero-order valence-electron chi connectivity index (χ0n) is 15.9. The van der Waals surface area contributed by atoms with Crippen LogP contribution in [0.1, 0.15) is 33.9 Å². The fourth-order valence-electron chi connectivity index (χ4n) is 3.38. The van der Waals surface area contributed by atoms with Crippen molar-refractivity contribution >= 4 is 5.91 Å². The van der Waals surface area contributed by atoms with E-state index in [1.54, 1.807) is 12.1 Å². The van der Waals surface area contributed by atoms with Gasteiger partial charge in [-0.25, -0.2) is 4.39 Å². The second-order valence-corrected chi connectivity index (χ2v) is 6.95. The van der Waals surface area contributed by atoms with Crippen molar-refractivity contribution in [3.05, 3.63) is 95.3 Å². The molecule has 0 aromatic heterocycles. The third kappa shape index (κ3) is 4.57. The summed E-state index contributed by atoms with van der Waals surface area (Å²) < 4.78 is 25.6. The van der Waals surface area contributed by atoms with Gasteiger partial charge in [0.15, 0.2) is 11.5 Å². The highest BCUT2D eigenvalue weighted by atomic mass is 19.1. The maximum atomic E-state index is 14.1. The molecule has 0 saturated heterocycles. The van der Waals surface area contributed by atoms with Crippen LogP contribution in [0, 0.1) is 5.82 Å². The van der Waals surface area contributed by atoms with Crippen LogP contribution >= 0.6 is 0 Å². The van der Waals surface area contributed by atoms with E-state index in [0.717, 1.165) is 17.5 Å². The number of rotatable bonds is 5. The molecule has 5 heteroatoms. The summed E-state index contributed by atoms with van der Waals surface area (Å²) in [5.41, 5.74) is 1.97. The molecule has 1 atom stereocenters. The number of amides is 1. The lowest BCUT2D eigenvalue weighted by atomic mass is 9.98. The molecular formula is C24H22FNO3. The molecule has 0 unspecified atom stereocenters. The number of carbonyl (C=O) groups is 1. The summed E-state index contributed by atoms with van der Waals surface area (Å²) in [6.07, 6.45) is 1.39. The van der Waals surface area contributed by atoms with Gasteiger partial charge < -0.3 is 14.8 Å². The van der Waals surface area contributed by atoms with Crippen LogP contribution < -0.4 is 14.8 Å². The Morgan fingerprint density at radius 3 is 2.45 bits per heavy atom. The zero-order valence-corrected chi connectivity index (χ0v) is 15.9. The third-order valence-corrected chi connectivity index (χ3v) is 4.88. The summed E-state index contributed by atoms with van der Waals surface area (Å²) in [4.78, 5) is 12.8. The summed E-state index contributed by atoms with van der Waals surface area (Å²) in [7, 11) is 0. The molecule has 3 aromatic rings. The number of carbonyl (C=O) groups excluding carboxylic acids is 1. The zero-order chi connectivity index (χ0) is 20.1. The van der Waals surface area contributed by atoms with Crippen molar-refractivity contribution in [2.45, 2.75) is 18.9 Å². The van der Waals surface area contributed by atoms with Gasteiger partial charge in [0.1, 0.15) is 5.82 Å². The van der Waals surface area contributed by atoms with Gasteiger partial charge in [0.05, 0.1) is 24.8 Å². The standard InChI is InChI=1S/C24H22FNO3/c25-20-10-5-4-9-19(20)24(27)26-21(15-17-7-2-1-3-8-17)18-11-12-22-23(16-18)29-14-6-13-28-22/h1-5,7-12,16,21H,6,13-15H2,(H,26,27)/t21-/m1/s1. The van der Waals surface area contributed by atoms with Gasteiger partial charge in [0, 0.05) is 6.42 Å². The second kappa shape index (κ2) is 8.78. The van der Waals surface area contributed by atoms with Crippen molar-refractivity contribution in [2.75, 3.05) is 13.2 Å². The number of benzene rings is 3. The van der Waals surface area contributed by atoms with Crippen LogP contribution in [0.25, 0.3) is 0 Å². The Hall–Kier alpha value is -3.34. The average Bonchev–Trinajstić information content (AvgIpc) is 2.99. The molecule has 0 saturated carbocycles. The fraction of sp³-hybridized carbons (Fsp3) is 0.208. The third-order valence-electron chi connectivity index (χ3n) is 4.88. The molecule has 4 rings (SSSR count). The molecule has 0 radical (unpaired) electrons. The minimum Gasteiger partial charge on any atom is -0.490 e. The minimum atomic E-state index is -0.540. The predicted octanol–water partition coefficient (Wildman–Crippen LogP) is 4.70. The highest BCUT2D eigenvalue weighted by Crippen LogP contribution is 2.33. The van der Waals surface area contributed by atoms with Crippen LogP contribution in [0.4, 0.5) is 4.39 Å². The molecule has 1 heterocycles. The SMILES string of the molecule is O=C(N[C@H](Cc1ccccc1)c1ccc2c(c1)OCCCO2)c1ccccc1F. The Kier molecular flexibility index (Phi) is 5.75. The van der Waals surface area contributed by atoms with Crippen molar-refractivity contribution < 1.29 is 18.7 Å². The molecule has 3 aromatic carbocycles. The smallest absolute Gasteiger partial charge is 0.254 e. The highest BCUT2D eigenvalue weighted by Gasteiger charge is 2.21. The largest absolute Gasteiger partial charge is 0.490 e. The van der Waals surface area contributed by atoms with Crippen molar-refractivity contribution in [3.63, 3.8) is 0 Å². The van der Waals surface area contributed by atoms with Gasteiger partial charge in [-0.15, -0.1) is 0 Å². The minimum absolute atomic E-state index is 0.0277. The normalized spacial score (nSPS) is 14.0. The maximum absolute atomic E-state index is 14.1. The lowest BCUT2D eigenvalue weighted by Crippen LogP contribution is -2.30. The summed E-state index contributed by atoms with van der Waals surface area (Å²) in [6, 6.07) is 21.2. The van der Waals surface area contributed by atoms with Gasteiger partial charge in [-0.3, -0.25) is 4.79 Å². The lowest BCUT2D eigenvalue weighted by Gasteiger charge is -2.21. The van der Waals surface area contributed by atoms with Crippen LogP contribution in [0.3, 0.4) is 0 Å². The quantitative estimate of drug-likeness (QED) is 0.686. The summed E-state index contributed by atoms with van der Waals surface area (Å²) in [6.45, 7) is 1.20. The van der Waals surface area contributed by atoms with E-state index >= 15 is 0 Å². The Morgan fingerprint density at radius 1 is 0.931 bits per heavy atom. The highest BCUT2D eigenvalue weighted by molar-refractivity contribution is 5.94. The Morgan fingerprint density at radius 2 is 1.66 bits per heavy atom. The summed E-state index contributed by atoms with van der Waals surface area (Å²) in [5.74, 6) is 0.376.